The van der Waals surface area contributed by atoms with Crippen LogP contribution in [0.1, 0.15) is 35.1 Å². The fourth-order valence-corrected chi connectivity index (χ4v) is 5.05. The number of ether oxygens (including phenoxy) is 1. The van der Waals surface area contributed by atoms with Crippen molar-refractivity contribution in [2.75, 3.05) is 11.9 Å². The lowest BCUT2D eigenvalue weighted by Crippen LogP contribution is -2.29. The second-order valence-corrected chi connectivity index (χ2v) is 8.93. The van der Waals surface area contributed by atoms with Crippen molar-refractivity contribution in [3.63, 3.8) is 0 Å². The quantitative estimate of drug-likeness (QED) is 0.420. The predicted octanol–water partition coefficient (Wildman–Crippen LogP) is 6.60. The van der Waals surface area contributed by atoms with E-state index in [1.807, 2.05) is 24.3 Å². The van der Waals surface area contributed by atoms with Gasteiger partial charge in [0.1, 0.15) is 11.5 Å². The van der Waals surface area contributed by atoms with Gasteiger partial charge >= 0.3 is 0 Å². The number of phenolic OH excluding ortho intramolecular Hbond substituents is 1. The third-order valence-corrected chi connectivity index (χ3v) is 6.65. The fourth-order valence-electron chi connectivity index (χ4n) is 4.68. The molecule has 3 atom stereocenters. The number of aromatic hydroxyl groups is 1. The first-order valence-corrected chi connectivity index (χ1v) is 11.2. The zero-order chi connectivity index (χ0) is 20.5. The van der Waals surface area contributed by atoms with E-state index >= 15 is 0 Å². The number of allylic oxidation sites excluding steroid dienone is 2. The first kappa shape index (κ1) is 19.3. The molecule has 0 spiro atoms. The summed E-state index contributed by atoms with van der Waals surface area (Å²) in [5, 5.41) is 14.2. The van der Waals surface area contributed by atoms with Gasteiger partial charge in [-0.25, -0.2) is 0 Å². The molecule has 1 aliphatic heterocycles. The summed E-state index contributed by atoms with van der Waals surface area (Å²) < 4.78 is 7.05. The van der Waals surface area contributed by atoms with E-state index in [1.54, 1.807) is 6.07 Å². The molecular weight excluding hydrogens is 438 g/mol. The molecule has 0 aromatic heterocycles. The Bertz CT molecular complexity index is 1080. The Kier molecular flexibility index (Phi) is 5.26. The van der Waals surface area contributed by atoms with Crippen LogP contribution in [-0.4, -0.2) is 11.7 Å². The molecule has 0 radical (unpaired) electrons. The van der Waals surface area contributed by atoms with Gasteiger partial charge < -0.3 is 15.2 Å². The Morgan fingerprint density at radius 1 is 1.00 bits per heavy atom. The highest BCUT2D eigenvalue weighted by Gasteiger charge is 2.39. The molecule has 2 N–H and O–H groups in total. The third-order valence-electron chi connectivity index (χ3n) is 6.16. The van der Waals surface area contributed by atoms with Crippen molar-refractivity contribution >= 4 is 21.6 Å². The average molecular weight is 462 g/mol. The van der Waals surface area contributed by atoms with Gasteiger partial charge in [0.2, 0.25) is 0 Å². The van der Waals surface area contributed by atoms with Gasteiger partial charge in [-0.05, 0) is 59.9 Å². The molecule has 3 unspecified atom stereocenters. The lowest BCUT2D eigenvalue weighted by molar-refractivity contribution is 0.320. The van der Waals surface area contributed by atoms with Crippen molar-refractivity contribution in [3.8, 4) is 11.5 Å². The number of halogens is 1. The molecule has 4 heteroatoms. The number of rotatable bonds is 5. The normalized spacial score (nSPS) is 21.6. The van der Waals surface area contributed by atoms with Crippen LogP contribution >= 0.6 is 15.9 Å². The molecule has 30 heavy (non-hydrogen) atoms. The molecule has 5 rings (SSSR count). The maximum atomic E-state index is 10.5. The molecule has 1 aliphatic carbocycles. The van der Waals surface area contributed by atoms with E-state index in [9.17, 15) is 5.11 Å². The topological polar surface area (TPSA) is 41.5 Å². The van der Waals surface area contributed by atoms with Crippen LogP contribution in [0, 0.1) is 5.92 Å². The summed E-state index contributed by atoms with van der Waals surface area (Å²) in [6.07, 6.45) is 6.45. The van der Waals surface area contributed by atoms with Gasteiger partial charge in [-0.2, -0.15) is 0 Å². The SMILES string of the molecule is Oc1ccc(Br)cc1C1Nc2ccc(OCCc3ccccc3)cc2C2C=CCC21. The van der Waals surface area contributed by atoms with E-state index in [4.69, 9.17) is 4.74 Å². The van der Waals surface area contributed by atoms with Crippen LogP contribution in [0.5, 0.6) is 11.5 Å². The minimum absolute atomic E-state index is 0.0693. The highest BCUT2D eigenvalue weighted by molar-refractivity contribution is 9.10. The van der Waals surface area contributed by atoms with Gasteiger partial charge in [-0.1, -0.05) is 58.4 Å². The monoisotopic (exact) mass is 461 g/mol. The summed E-state index contributed by atoms with van der Waals surface area (Å²) in [7, 11) is 0. The molecule has 152 valence electrons. The van der Waals surface area contributed by atoms with E-state index in [2.05, 4.69) is 69.8 Å². The summed E-state index contributed by atoms with van der Waals surface area (Å²) in [5.74, 6) is 1.94. The van der Waals surface area contributed by atoms with Gasteiger partial charge in [0.25, 0.3) is 0 Å². The highest BCUT2D eigenvalue weighted by atomic mass is 79.9. The number of nitrogens with one attached hydrogen (secondary N) is 1. The number of benzene rings is 3. The molecule has 0 amide bonds. The maximum absolute atomic E-state index is 10.5. The van der Waals surface area contributed by atoms with Gasteiger partial charge in [0.05, 0.1) is 12.6 Å². The van der Waals surface area contributed by atoms with Crippen LogP contribution in [0.3, 0.4) is 0 Å². The largest absolute Gasteiger partial charge is 0.508 e. The van der Waals surface area contributed by atoms with Crippen LogP contribution in [0.2, 0.25) is 0 Å². The van der Waals surface area contributed by atoms with Crippen LogP contribution in [0.25, 0.3) is 0 Å². The van der Waals surface area contributed by atoms with E-state index in [0.717, 1.165) is 34.3 Å². The molecular formula is C26H24BrNO2. The Hall–Kier alpha value is -2.72. The number of hydrogen-bond acceptors (Lipinski definition) is 3. The first-order valence-electron chi connectivity index (χ1n) is 10.4. The summed E-state index contributed by atoms with van der Waals surface area (Å²) in [6, 6.07) is 22.5. The zero-order valence-electron chi connectivity index (χ0n) is 16.6. The lowest BCUT2D eigenvalue weighted by Gasteiger charge is -2.38. The Labute approximate surface area is 185 Å². The maximum Gasteiger partial charge on any atom is 0.120 e. The first-order chi connectivity index (χ1) is 14.7. The number of phenols is 1. The summed E-state index contributed by atoms with van der Waals surface area (Å²) in [5.41, 5.74) is 4.61. The molecule has 3 aromatic carbocycles. The number of fused-ring (bicyclic) bond motifs is 3. The minimum Gasteiger partial charge on any atom is -0.508 e. The van der Waals surface area contributed by atoms with Crippen LogP contribution < -0.4 is 10.1 Å². The molecule has 2 aliphatic rings. The molecule has 0 bridgehead atoms. The van der Waals surface area contributed by atoms with Crippen molar-refractivity contribution in [2.24, 2.45) is 5.92 Å². The standard InChI is InChI=1S/C26H24BrNO2/c27-18-9-12-25(29)23(15-18)26-21-8-4-7-20(21)22-16-19(10-11-24(22)28-26)30-14-13-17-5-2-1-3-6-17/h1-7,9-12,15-16,20-21,26,28-29H,8,13-14H2. The van der Waals surface area contributed by atoms with Crippen LogP contribution in [-0.2, 0) is 6.42 Å². The molecule has 3 aromatic rings. The minimum atomic E-state index is 0.0693. The molecule has 0 saturated carbocycles. The van der Waals surface area contributed by atoms with Crippen molar-refractivity contribution in [2.45, 2.75) is 24.8 Å². The second kappa shape index (κ2) is 8.19. The van der Waals surface area contributed by atoms with E-state index in [-0.39, 0.29) is 6.04 Å². The Morgan fingerprint density at radius 3 is 2.73 bits per heavy atom. The van der Waals surface area contributed by atoms with Gasteiger partial charge in [-0.3, -0.25) is 0 Å². The fraction of sp³-hybridized carbons (Fsp3) is 0.231. The van der Waals surface area contributed by atoms with Crippen molar-refractivity contribution in [1.82, 2.24) is 0 Å². The second-order valence-electron chi connectivity index (χ2n) is 8.01. The summed E-state index contributed by atoms with van der Waals surface area (Å²) >= 11 is 3.55. The summed E-state index contributed by atoms with van der Waals surface area (Å²) in [6.45, 7) is 0.661. The Morgan fingerprint density at radius 2 is 1.87 bits per heavy atom. The average Bonchev–Trinajstić information content (AvgIpc) is 3.26. The van der Waals surface area contributed by atoms with Crippen molar-refractivity contribution < 1.29 is 9.84 Å². The molecule has 0 saturated heterocycles. The third kappa shape index (κ3) is 3.72. The molecule has 0 fully saturated rings. The van der Waals surface area contributed by atoms with Gasteiger partial charge in [0, 0.05) is 28.1 Å². The van der Waals surface area contributed by atoms with E-state index in [1.165, 1.54) is 11.1 Å². The van der Waals surface area contributed by atoms with Crippen LogP contribution in [0.15, 0.2) is 83.4 Å². The smallest absolute Gasteiger partial charge is 0.120 e. The Balaban J connectivity index is 1.37. The number of hydrogen-bond donors (Lipinski definition) is 2. The van der Waals surface area contributed by atoms with E-state index < -0.39 is 0 Å². The summed E-state index contributed by atoms with van der Waals surface area (Å²) in [4.78, 5) is 0. The van der Waals surface area contributed by atoms with Crippen LogP contribution in [0.4, 0.5) is 5.69 Å². The number of anilines is 1. The van der Waals surface area contributed by atoms with Crippen molar-refractivity contribution in [3.05, 3.63) is 100 Å². The zero-order valence-corrected chi connectivity index (χ0v) is 18.2. The van der Waals surface area contributed by atoms with Crippen molar-refractivity contribution in [1.29, 1.82) is 0 Å². The molecule has 1 heterocycles. The van der Waals surface area contributed by atoms with E-state index in [0.29, 0.717) is 24.2 Å². The van der Waals surface area contributed by atoms with Gasteiger partial charge in [0.15, 0.2) is 0 Å². The van der Waals surface area contributed by atoms with Gasteiger partial charge in [-0.15, -0.1) is 0 Å². The highest BCUT2D eigenvalue weighted by Crippen LogP contribution is 2.51. The molecule has 3 nitrogen and oxygen atoms in total. The lowest BCUT2D eigenvalue weighted by atomic mass is 9.77. The predicted molar refractivity (Wildman–Crippen MR) is 124 cm³/mol.